The Morgan fingerprint density at radius 3 is 1.96 bits per heavy atom. The van der Waals surface area contributed by atoms with Crippen LogP contribution in [-0.4, -0.2) is 18.4 Å². The Balaban J connectivity index is 1.52. The van der Waals surface area contributed by atoms with Crippen molar-refractivity contribution in [1.82, 2.24) is 0 Å². The summed E-state index contributed by atoms with van der Waals surface area (Å²) in [5, 5.41) is 0. The van der Waals surface area contributed by atoms with Crippen LogP contribution >= 0.6 is 0 Å². The lowest BCUT2D eigenvalue weighted by Crippen LogP contribution is -2.15. The average molecular weight is 358 g/mol. The van der Waals surface area contributed by atoms with Gasteiger partial charge in [-0.25, -0.2) is 0 Å². The third-order valence-corrected chi connectivity index (χ3v) is 4.52. The largest absolute Gasteiger partial charge is 0.457 e. The number of ether oxygens (including phenoxy) is 1. The molecule has 0 aliphatic carbocycles. The van der Waals surface area contributed by atoms with E-state index in [0.29, 0.717) is 5.56 Å². The molecular formula is C24H22O3. The van der Waals surface area contributed by atoms with Gasteiger partial charge in [0.25, 0.3) is 0 Å². The Labute approximate surface area is 159 Å². The van der Waals surface area contributed by atoms with Crippen LogP contribution in [0.5, 0.6) is 0 Å². The topological polar surface area (TPSA) is 43.4 Å². The Morgan fingerprint density at radius 1 is 0.778 bits per heavy atom. The molecule has 0 fully saturated rings. The van der Waals surface area contributed by atoms with E-state index in [1.165, 1.54) is 0 Å². The highest BCUT2D eigenvalue weighted by molar-refractivity contribution is 5.98. The highest BCUT2D eigenvalue weighted by Crippen LogP contribution is 2.20. The molecule has 3 heteroatoms. The first kappa shape index (κ1) is 18.6. The molecule has 0 spiro atoms. The Hall–Kier alpha value is -3.20. The van der Waals surface area contributed by atoms with Crippen molar-refractivity contribution in [3.8, 4) is 11.1 Å². The van der Waals surface area contributed by atoms with Crippen molar-refractivity contribution in [3.05, 3.63) is 96.1 Å². The molecule has 27 heavy (non-hydrogen) atoms. The predicted molar refractivity (Wildman–Crippen MR) is 107 cm³/mol. The molecule has 0 aliphatic heterocycles. The molecule has 3 aromatic rings. The summed E-state index contributed by atoms with van der Waals surface area (Å²) < 4.78 is 5.18. The van der Waals surface area contributed by atoms with E-state index in [1.54, 1.807) is 12.1 Å². The normalized spacial score (nSPS) is 11.6. The second-order valence-corrected chi connectivity index (χ2v) is 6.54. The van der Waals surface area contributed by atoms with E-state index in [1.807, 2.05) is 79.7 Å². The second kappa shape index (κ2) is 8.95. The van der Waals surface area contributed by atoms with E-state index in [-0.39, 0.29) is 30.7 Å². The van der Waals surface area contributed by atoms with Crippen LogP contribution in [0.25, 0.3) is 11.1 Å². The molecule has 3 nitrogen and oxygen atoms in total. The summed E-state index contributed by atoms with van der Waals surface area (Å²) in [6.07, 6.45) is 0.254. The van der Waals surface area contributed by atoms with Crippen molar-refractivity contribution in [1.29, 1.82) is 0 Å². The van der Waals surface area contributed by atoms with Crippen molar-refractivity contribution in [2.24, 2.45) is 0 Å². The number of benzene rings is 3. The third kappa shape index (κ3) is 5.14. The summed E-state index contributed by atoms with van der Waals surface area (Å²) in [7, 11) is 0. The summed E-state index contributed by atoms with van der Waals surface area (Å²) in [4.78, 5) is 24.3. The molecule has 0 saturated heterocycles. The molecule has 0 radical (unpaired) electrons. The molecular weight excluding hydrogens is 336 g/mol. The molecule has 0 amide bonds. The van der Waals surface area contributed by atoms with Gasteiger partial charge in [-0.3, -0.25) is 9.59 Å². The standard InChI is InChI=1S/C24H22O3/c1-18(19-8-4-2-5-9-19)16-24(26)27-17-23(25)22-14-12-21(13-15-22)20-10-6-3-7-11-20/h2-15,18H,16-17H2,1H3/t18-/m0/s1. The lowest BCUT2D eigenvalue weighted by atomic mass is 9.98. The second-order valence-electron chi connectivity index (χ2n) is 6.54. The van der Waals surface area contributed by atoms with E-state index in [4.69, 9.17) is 4.74 Å². The fraction of sp³-hybridized carbons (Fsp3) is 0.167. The number of hydrogen-bond donors (Lipinski definition) is 0. The van der Waals surface area contributed by atoms with Gasteiger partial charge in [-0.05, 0) is 22.6 Å². The van der Waals surface area contributed by atoms with Gasteiger partial charge in [-0.15, -0.1) is 0 Å². The van der Waals surface area contributed by atoms with Crippen LogP contribution in [0.4, 0.5) is 0 Å². The van der Waals surface area contributed by atoms with Crippen LogP contribution in [0, 0.1) is 0 Å². The summed E-state index contributed by atoms with van der Waals surface area (Å²) in [5.41, 5.74) is 3.76. The van der Waals surface area contributed by atoms with Gasteiger partial charge in [-0.2, -0.15) is 0 Å². The quantitative estimate of drug-likeness (QED) is 0.427. The minimum absolute atomic E-state index is 0.0546. The van der Waals surface area contributed by atoms with E-state index >= 15 is 0 Å². The van der Waals surface area contributed by atoms with Gasteiger partial charge in [0.05, 0.1) is 6.42 Å². The zero-order valence-corrected chi connectivity index (χ0v) is 15.3. The summed E-state index contributed by atoms with van der Waals surface area (Å²) in [6, 6.07) is 27.1. The number of hydrogen-bond acceptors (Lipinski definition) is 3. The fourth-order valence-corrected chi connectivity index (χ4v) is 2.92. The number of carbonyl (C=O) groups is 2. The van der Waals surface area contributed by atoms with Crippen molar-refractivity contribution >= 4 is 11.8 Å². The van der Waals surface area contributed by atoms with Gasteiger partial charge in [0, 0.05) is 5.56 Å². The van der Waals surface area contributed by atoms with Gasteiger partial charge in [0.2, 0.25) is 0 Å². The third-order valence-electron chi connectivity index (χ3n) is 4.52. The summed E-state index contributed by atoms with van der Waals surface area (Å²) in [5.74, 6) is -0.505. The first-order valence-corrected chi connectivity index (χ1v) is 9.03. The average Bonchev–Trinajstić information content (AvgIpc) is 2.73. The molecule has 3 rings (SSSR count). The number of esters is 1. The molecule has 0 aliphatic rings. The maximum absolute atomic E-state index is 12.3. The zero-order chi connectivity index (χ0) is 19.1. The zero-order valence-electron chi connectivity index (χ0n) is 15.3. The van der Waals surface area contributed by atoms with Crippen LogP contribution in [0.15, 0.2) is 84.9 Å². The lowest BCUT2D eigenvalue weighted by molar-refractivity contribution is -0.142. The lowest BCUT2D eigenvalue weighted by Gasteiger charge is -2.11. The minimum Gasteiger partial charge on any atom is -0.457 e. The van der Waals surface area contributed by atoms with Gasteiger partial charge in [0.1, 0.15) is 0 Å². The summed E-state index contributed by atoms with van der Waals surface area (Å²) in [6.45, 7) is 1.74. The number of rotatable bonds is 7. The maximum atomic E-state index is 12.3. The van der Waals surface area contributed by atoms with Gasteiger partial charge >= 0.3 is 5.97 Å². The van der Waals surface area contributed by atoms with Gasteiger partial charge < -0.3 is 4.74 Å². The van der Waals surface area contributed by atoms with Crippen molar-refractivity contribution in [2.45, 2.75) is 19.3 Å². The Kier molecular flexibility index (Phi) is 6.16. The van der Waals surface area contributed by atoms with Gasteiger partial charge in [-0.1, -0.05) is 91.9 Å². The van der Waals surface area contributed by atoms with Crippen molar-refractivity contribution < 1.29 is 14.3 Å². The van der Waals surface area contributed by atoms with E-state index in [2.05, 4.69) is 0 Å². The van der Waals surface area contributed by atoms with Crippen LogP contribution in [0.3, 0.4) is 0 Å². The molecule has 0 N–H and O–H groups in total. The monoisotopic (exact) mass is 358 g/mol. The van der Waals surface area contributed by atoms with Crippen molar-refractivity contribution in [2.75, 3.05) is 6.61 Å². The summed E-state index contributed by atoms with van der Waals surface area (Å²) >= 11 is 0. The number of carbonyl (C=O) groups excluding carboxylic acids is 2. The molecule has 0 unspecified atom stereocenters. The SMILES string of the molecule is C[C@@H](CC(=O)OCC(=O)c1ccc(-c2ccccc2)cc1)c1ccccc1. The van der Waals surface area contributed by atoms with Crippen molar-refractivity contribution in [3.63, 3.8) is 0 Å². The van der Waals surface area contributed by atoms with Gasteiger partial charge in [0.15, 0.2) is 12.4 Å². The van der Waals surface area contributed by atoms with E-state index < -0.39 is 0 Å². The molecule has 1 atom stereocenters. The highest BCUT2D eigenvalue weighted by Gasteiger charge is 2.14. The first-order valence-electron chi connectivity index (χ1n) is 9.03. The fourth-order valence-electron chi connectivity index (χ4n) is 2.92. The molecule has 0 saturated carbocycles. The number of Topliss-reactive ketones (excluding diaryl/α,β-unsaturated/α-hetero) is 1. The Morgan fingerprint density at radius 2 is 1.33 bits per heavy atom. The minimum atomic E-state index is -0.361. The highest BCUT2D eigenvalue weighted by atomic mass is 16.5. The Bertz CT molecular complexity index is 884. The molecule has 0 aromatic heterocycles. The molecule has 136 valence electrons. The molecule has 3 aromatic carbocycles. The van der Waals surface area contributed by atoms with Crippen LogP contribution in [-0.2, 0) is 9.53 Å². The van der Waals surface area contributed by atoms with E-state index in [9.17, 15) is 9.59 Å². The van der Waals surface area contributed by atoms with E-state index in [0.717, 1.165) is 16.7 Å². The van der Waals surface area contributed by atoms with Crippen LogP contribution in [0.1, 0.15) is 35.2 Å². The first-order chi connectivity index (χ1) is 13.1. The van der Waals surface area contributed by atoms with Crippen LogP contribution < -0.4 is 0 Å². The maximum Gasteiger partial charge on any atom is 0.306 e. The molecule has 0 bridgehead atoms. The predicted octanol–water partition coefficient (Wildman–Crippen LogP) is 5.27. The van der Waals surface area contributed by atoms with Crippen LogP contribution in [0.2, 0.25) is 0 Å². The number of ketones is 1. The smallest absolute Gasteiger partial charge is 0.306 e. The molecule has 0 heterocycles.